The van der Waals surface area contributed by atoms with Crippen LogP contribution < -0.4 is 5.32 Å². The van der Waals surface area contributed by atoms with Crippen LogP contribution in [0.2, 0.25) is 0 Å². The summed E-state index contributed by atoms with van der Waals surface area (Å²) in [5.74, 6) is 0. The van der Waals surface area contributed by atoms with Crippen molar-refractivity contribution in [1.29, 1.82) is 0 Å². The molecular weight excluding hydrogens is 206 g/mol. The summed E-state index contributed by atoms with van der Waals surface area (Å²) < 4.78 is 6.81. The van der Waals surface area contributed by atoms with Gasteiger partial charge in [0.25, 0.3) is 0 Å². The molecule has 16 heavy (non-hydrogen) atoms. The van der Waals surface area contributed by atoms with Gasteiger partial charge in [0.2, 0.25) is 0 Å². The van der Waals surface area contributed by atoms with E-state index in [1.165, 1.54) is 0 Å². The van der Waals surface area contributed by atoms with Crippen LogP contribution >= 0.6 is 0 Å². The van der Waals surface area contributed by atoms with Crippen molar-refractivity contribution >= 4 is 6.09 Å². The molecule has 89 valence electrons. The van der Waals surface area contributed by atoms with Gasteiger partial charge >= 0.3 is 6.09 Å². The molecule has 0 saturated carbocycles. The molecule has 0 aliphatic heterocycles. The molecule has 1 radical (unpaired) electrons. The molecule has 0 bridgehead atoms. The van der Waals surface area contributed by atoms with E-state index in [1.54, 1.807) is 4.68 Å². The number of alkyl carbamates (subject to hydrolysis) is 1. The Morgan fingerprint density at radius 3 is 2.81 bits per heavy atom. The summed E-state index contributed by atoms with van der Waals surface area (Å²) in [5, 5.41) is 6.75. The lowest BCUT2D eigenvalue weighted by atomic mass is 10.2. The number of nitrogens with one attached hydrogen (secondary N) is 1. The van der Waals surface area contributed by atoms with Gasteiger partial charge in [-0.05, 0) is 33.8 Å². The van der Waals surface area contributed by atoms with Gasteiger partial charge in [0.1, 0.15) is 5.60 Å². The van der Waals surface area contributed by atoms with Crippen LogP contribution in [0.5, 0.6) is 0 Å². The first-order chi connectivity index (χ1) is 7.37. The van der Waals surface area contributed by atoms with Gasteiger partial charge in [0.15, 0.2) is 0 Å². The number of ether oxygens (including phenoxy) is 1. The van der Waals surface area contributed by atoms with E-state index < -0.39 is 11.7 Å². The highest BCUT2D eigenvalue weighted by Crippen LogP contribution is 2.06. The Hall–Kier alpha value is -1.52. The van der Waals surface area contributed by atoms with Crippen molar-refractivity contribution in [2.24, 2.45) is 0 Å². The minimum atomic E-state index is -0.462. The highest BCUT2D eigenvalue weighted by Gasteiger charge is 2.15. The molecule has 0 atom stereocenters. The lowest BCUT2D eigenvalue weighted by Gasteiger charge is -2.19. The highest BCUT2D eigenvalue weighted by atomic mass is 16.6. The minimum Gasteiger partial charge on any atom is -0.444 e. The number of hydrogen-bond acceptors (Lipinski definition) is 3. The first-order valence-corrected chi connectivity index (χ1v) is 5.19. The molecule has 1 rings (SSSR count). The summed E-state index contributed by atoms with van der Waals surface area (Å²) >= 11 is 0. The fraction of sp³-hybridized carbons (Fsp3) is 0.545. The standard InChI is InChI=1S/C11H18N3O2/c1-9-5-7-14(13-9)8-6-12-10(15)16-11(2,3)4/h5,7H,1,6,8H2,2-4H3,(H,12,15). The van der Waals surface area contributed by atoms with Crippen LogP contribution in [-0.4, -0.2) is 28.0 Å². The Bertz CT molecular complexity index is 352. The smallest absolute Gasteiger partial charge is 0.407 e. The fourth-order valence-electron chi connectivity index (χ4n) is 1.11. The third kappa shape index (κ3) is 4.82. The number of carbonyl (C=O) groups is 1. The molecule has 1 amide bonds. The molecule has 0 saturated heterocycles. The first-order valence-electron chi connectivity index (χ1n) is 5.19. The number of aromatic nitrogens is 2. The second-order valence-electron chi connectivity index (χ2n) is 4.50. The molecule has 5 nitrogen and oxygen atoms in total. The second kappa shape index (κ2) is 5.01. The quantitative estimate of drug-likeness (QED) is 0.848. The van der Waals surface area contributed by atoms with Crippen LogP contribution in [0.3, 0.4) is 0 Å². The number of rotatable bonds is 3. The molecule has 0 aromatic carbocycles. The van der Waals surface area contributed by atoms with Gasteiger partial charge in [0.05, 0.1) is 12.2 Å². The van der Waals surface area contributed by atoms with Crippen LogP contribution in [0.25, 0.3) is 0 Å². The number of nitrogens with zero attached hydrogens (tertiary/aromatic N) is 2. The Balaban J connectivity index is 2.23. The maximum Gasteiger partial charge on any atom is 0.407 e. The van der Waals surface area contributed by atoms with Gasteiger partial charge in [-0.1, -0.05) is 0 Å². The highest BCUT2D eigenvalue weighted by molar-refractivity contribution is 5.67. The lowest BCUT2D eigenvalue weighted by Crippen LogP contribution is -2.34. The zero-order chi connectivity index (χ0) is 12.2. The number of carbonyl (C=O) groups excluding carboxylic acids is 1. The SMILES string of the molecule is [CH2]c1ccn(CCNC(=O)OC(C)(C)C)n1. The second-order valence-corrected chi connectivity index (χ2v) is 4.50. The van der Waals surface area contributed by atoms with Crippen LogP contribution in [0.1, 0.15) is 26.5 Å². The summed E-state index contributed by atoms with van der Waals surface area (Å²) in [5.41, 5.74) is 0.258. The van der Waals surface area contributed by atoms with Crippen molar-refractivity contribution in [1.82, 2.24) is 15.1 Å². The van der Waals surface area contributed by atoms with E-state index in [9.17, 15) is 4.79 Å². The summed E-state index contributed by atoms with van der Waals surface area (Å²) in [6.07, 6.45) is 1.41. The molecular formula is C11H18N3O2. The van der Waals surface area contributed by atoms with Crippen LogP contribution in [0, 0.1) is 6.92 Å². The van der Waals surface area contributed by atoms with E-state index in [0.717, 1.165) is 5.69 Å². The topological polar surface area (TPSA) is 56.2 Å². The predicted molar refractivity (Wildman–Crippen MR) is 60.9 cm³/mol. The largest absolute Gasteiger partial charge is 0.444 e. The Kier molecular flexibility index (Phi) is 3.93. The summed E-state index contributed by atoms with van der Waals surface area (Å²) in [6.45, 7) is 10.3. The van der Waals surface area contributed by atoms with Gasteiger partial charge in [0, 0.05) is 12.7 Å². The van der Waals surface area contributed by atoms with Crippen molar-refractivity contribution in [3.8, 4) is 0 Å². The number of hydrogen-bond donors (Lipinski definition) is 1. The van der Waals surface area contributed by atoms with E-state index in [2.05, 4.69) is 17.3 Å². The van der Waals surface area contributed by atoms with E-state index in [1.807, 2.05) is 33.0 Å². The van der Waals surface area contributed by atoms with E-state index >= 15 is 0 Å². The summed E-state index contributed by atoms with van der Waals surface area (Å²) in [4.78, 5) is 11.3. The molecule has 1 N–H and O–H groups in total. The summed E-state index contributed by atoms with van der Waals surface area (Å²) in [6, 6.07) is 1.81. The van der Waals surface area contributed by atoms with Crippen molar-refractivity contribution in [2.75, 3.05) is 6.54 Å². The fourth-order valence-corrected chi connectivity index (χ4v) is 1.11. The third-order valence-corrected chi connectivity index (χ3v) is 1.71. The maximum atomic E-state index is 11.3. The third-order valence-electron chi connectivity index (χ3n) is 1.71. The minimum absolute atomic E-state index is 0.408. The Morgan fingerprint density at radius 1 is 1.62 bits per heavy atom. The molecule has 0 aliphatic carbocycles. The molecule has 1 aromatic rings. The van der Waals surface area contributed by atoms with Gasteiger partial charge in [-0.2, -0.15) is 5.10 Å². The van der Waals surface area contributed by atoms with Crippen LogP contribution in [0.4, 0.5) is 4.79 Å². The van der Waals surface area contributed by atoms with Crippen molar-refractivity contribution in [3.05, 3.63) is 24.9 Å². The zero-order valence-corrected chi connectivity index (χ0v) is 9.99. The molecule has 1 aromatic heterocycles. The van der Waals surface area contributed by atoms with Crippen LogP contribution in [-0.2, 0) is 11.3 Å². The van der Waals surface area contributed by atoms with Gasteiger partial charge in [-0.25, -0.2) is 4.79 Å². The Labute approximate surface area is 95.8 Å². The Morgan fingerprint density at radius 2 is 2.31 bits per heavy atom. The van der Waals surface area contributed by atoms with E-state index in [0.29, 0.717) is 13.1 Å². The molecule has 0 aliphatic rings. The van der Waals surface area contributed by atoms with Gasteiger partial charge in [-0.3, -0.25) is 4.68 Å². The molecule has 5 heteroatoms. The lowest BCUT2D eigenvalue weighted by molar-refractivity contribution is 0.0525. The molecule has 0 spiro atoms. The van der Waals surface area contributed by atoms with Crippen molar-refractivity contribution < 1.29 is 9.53 Å². The molecule has 0 fully saturated rings. The monoisotopic (exact) mass is 224 g/mol. The molecule has 1 heterocycles. The van der Waals surface area contributed by atoms with E-state index in [4.69, 9.17) is 4.74 Å². The summed E-state index contributed by atoms with van der Waals surface area (Å²) in [7, 11) is 0. The average Bonchev–Trinajstić information content (AvgIpc) is 2.48. The average molecular weight is 224 g/mol. The predicted octanol–water partition coefficient (Wildman–Crippen LogP) is 1.59. The normalized spacial score (nSPS) is 11.2. The maximum absolute atomic E-state index is 11.3. The van der Waals surface area contributed by atoms with Crippen molar-refractivity contribution in [3.63, 3.8) is 0 Å². The zero-order valence-electron chi connectivity index (χ0n) is 9.99. The molecule has 0 unspecified atom stereocenters. The number of amides is 1. The van der Waals surface area contributed by atoms with Gasteiger partial charge in [-0.15, -0.1) is 0 Å². The van der Waals surface area contributed by atoms with E-state index in [-0.39, 0.29) is 0 Å². The first kappa shape index (κ1) is 12.5. The van der Waals surface area contributed by atoms with Crippen LogP contribution in [0.15, 0.2) is 12.3 Å². The van der Waals surface area contributed by atoms with Gasteiger partial charge < -0.3 is 10.1 Å². The van der Waals surface area contributed by atoms with Crippen molar-refractivity contribution in [2.45, 2.75) is 32.9 Å².